The third-order valence-electron chi connectivity index (χ3n) is 5.01. The van der Waals surface area contributed by atoms with Crippen LogP contribution in [0.4, 0.5) is 5.69 Å². The highest BCUT2D eigenvalue weighted by molar-refractivity contribution is 6.08. The van der Waals surface area contributed by atoms with Crippen LogP contribution in [0.5, 0.6) is 0 Å². The Morgan fingerprint density at radius 3 is 2.78 bits per heavy atom. The number of methoxy groups -OCH3 is 1. The molecule has 0 bridgehead atoms. The van der Waals surface area contributed by atoms with E-state index in [4.69, 9.17) is 9.84 Å². The number of esters is 1. The molecule has 3 N–H and O–H groups in total. The van der Waals surface area contributed by atoms with Crippen molar-refractivity contribution in [1.82, 2.24) is 10.2 Å². The number of amides is 2. The van der Waals surface area contributed by atoms with E-state index < -0.39 is 11.4 Å². The minimum atomic E-state index is -0.701. The molecule has 0 atom stereocenters. The Labute approximate surface area is 157 Å². The van der Waals surface area contributed by atoms with Gasteiger partial charge in [0, 0.05) is 18.8 Å². The van der Waals surface area contributed by atoms with Crippen molar-refractivity contribution in [1.29, 1.82) is 0 Å². The maximum Gasteiger partial charge on any atom is 0.337 e. The quantitative estimate of drug-likeness (QED) is 0.640. The molecule has 1 aromatic carbocycles. The molecule has 144 valence electrons. The summed E-state index contributed by atoms with van der Waals surface area (Å²) in [5.74, 6) is -1.03. The lowest BCUT2D eigenvalue weighted by Gasteiger charge is -2.32. The number of anilines is 1. The molecule has 0 aromatic heterocycles. The van der Waals surface area contributed by atoms with Crippen LogP contribution < -0.4 is 10.6 Å². The molecular formula is C19H23N3O5. The van der Waals surface area contributed by atoms with Crippen molar-refractivity contribution in [2.24, 2.45) is 0 Å². The van der Waals surface area contributed by atoms with Gasteiger partial charge in [-0.3, -0.25) is 9.59 Å². The van der Waals surface area contributed by atoms with Crippen LogP contribution in [-0.2, 0) is 31.1 Å². The number of carbonyl (C=O) groups excluding carboxylic acids is 3. The van der Waals surface area contributed by atoms with Crippen LogP contribution in [0.2, 0.25) is 0 Å². The summed E-state index contributed by atoms with van der Waals surface area (Å²) in [6.07, 6.45) is 0. The summed E-state index contributed by atoms with van der Waals surface area (Å²) >= 11 is 0. The number of aliphatic hydroxyl groups excluding tert-OH is 1. The van der Waals surface area contributed by atoms with Gasteiger partial charge < -0.3 is 25.4 Å². The third-order valence-corrected chi connectivity index (χ3v) is 5.01. The van der Waals surface area contributed by atoms with Gasteiger partial charge in [0.1, 0.15) is 5.70 Å². The Morgan fingerprint density at radius 2 is 2.11 bits per heavy atom. The maximum absolute atomic E-state index is 12.6. The van der Waals surface area contributed by atoms with E-state index in [-0.39, 0.29) is 42.8 Å². The molecule has 8 nitrogen and oxygen atoms in total. The summed E-state index contributed by atoms with van der Waals surface area (Å²) in [4.78, 5) is 38.3. The number of ether oxygens (including phenoxy) is 1. The van der Waals surface area contributed by atoms with Crippen LogP contribution in [0.1, 0.15) is 25.0 Å². The largest absolute Gasteiger partial charge is 0.466 e. The van der Waals surface area contributed by atoms with E-state index in [1.54, 1.807) is 6.07 Å². The fraction of sp³-hybridized carbons (Fsp3) is 0.421. The zero-order valence-corrected chi connectivity index (χ0v) is 15.6. The van der Waals surface area contributed by atoms with Crippen molar-refractivity contribution in [2.45, 2.75) is 25.8 Å². The van der Waals surface area contributed by atoms with Gasteiger partial charge in [-0.1, -0.05) is 6.07 Å². The smallest absolute Gasteiger partial charge is 0.337 e. The maximum atomic E-state index is 12.6. The van der Waals surface area contributed by atoms with Crippen molar-refractivity contribution in [2.75, 3.05) is 32.1 Å². The molecule has 2 heterocycles. The molecule has 3 rings (SSSR count). The summed E-state index contributed by atoms with van der Waals surface area (Å²) in [7, 11) is 1.26. The van der Waals surface area contributed by atoms with Gasteiger partial charge >= 0.3 is 5.97 Å². The van der Waals surface area contributed by atoms with E-state index >= 15 is 0 Å². The first-order valence-electron chi connectivity index (χ1n) is 8.70. The standard InChI is InChI=1S/C19H23N3O5/c1-19(2)14-8-12(5-4-11(14)9-20-18(19)26)21-15-13(17(25)27-3)10-22(6-7-23)16(15)24/h4-5,8,21,23H,6-7,9-10H2,1-3H3,(H,20,26). The number of rotatable bonds is 5. The van der Waals surface area contributed by atoms with Crippen LogP contribution >= 0.6 is 0 Å². The lowest BCUT2D eigenvalue weighted by Crippen LogP contribution is -2.44. The van der Waals surface area contributed by atoms with Crippen molar-refractivity contribution < 1.29 is 24.2 Å². The topological polar surface area (TPSA) is 108 Å². The number of hydrogen-bond acceptors (Lipinski definition) is 6. The highest BCUT2D eigenvalue weighted by Gasteiger charge is 2.37. The minimum Gasteiger partial charge on any atom is -0.466 e. The molecule has 1 aromatic rings. The fourth-order valence-corrected chi connectivity index (χ4v) is 3.40. The van der Waals surface area contributed by atoms with Crippen molar-refractivity contribution in [3.05, 3.63) is 40.6 Å². The highest BCUT2D eigenvalue weighted by atomic mass is 16.5. The van der Waals surface area contributed by atoms with Gasteiger partial charge in [0.25, 0.3) is 5.91 Å². The molecule has 0 spiro atoms. The van der Waals surface area contributed by atoms with Crippen LogP contribution in [0.3, 0.4) is 0 Å². The lowest BCUT2D eigenvalue weighted by molar-refractivity contribution is -0.136. The second-order valence-corrected chi connectivity index (χ2v) is 7.10. The summed E-state index contributed by atoms with van der Waals surface area (Å²) in [5.41, 5.74) is 2.13. The van der Waals surface area contributed by atoms with E-state index in [1.807, 2.05) is 26.0 Å². The summed E-state index contributed by atoms with van der Waals surface area (Å²) in [5, 5.41) is 15.0. The molecule has 0 unspecified atom stereocenters. The Morgan fingerprint density at radius 1 is 1.37 bits per heavy atom. The predicted octanol–water partition coefficient (Wildman–Crippen LogP) is 0.268. The predicted molar refractivity (Wildman–Crippen MR) is 97.6 cm³/mol. The second kappa shape index (κ2) is 7.03. The van der Waals surface area contributed by atoms with Gasteiger partial charge in [0.2, 0.25) is 5.91 Å². The first-order valence-corrected chi connectivity index (χ1v) is 8.70. The van der Waals surface area contributed by atoms with Crippen LogP contribution in [0.25, 0.3) is 0 Å². The molecule has 0 radical (unpaired) electrons. The van der Waals surface area contributed by atoms with Gasteiger partial charge in [-0.05, 0) is 37.1 Å². The molecule has 2 amide bonds. The van der Waals surface area contributed by atoms with E-state index in [2.05, 4.69) is 10.6 Å². The average Bonchev–Trinajstić information content (AvgIpc) is 2.95. The summed E-state index contributed by atoms with van der Waals surface area (Å²) in [6.45, 7) is 4.14. The lowest BCUT2D eigenvalue weighted by atomic mass is 9.78. The van der Waals surface area contributed by atoms with Crippen molar-refractivity contribution >= 4 is 23.5 Å². The van der Waals surface area contributed by atoms with Crippen LogP contribution in [-0.4, -0.2) is 54.6 Å². The minimum absolute atomic E-state index is 0.0623. The number of nitrogens with zero attached hydrogens (tertiary/aromatic N) is 1. The Bertz CT molecular complexity index is 844. The molecular weight excluding hydrogens is 350 g/mol. The van der Waals surface area contributed by atoms with Crippen LogP contribution in [0.15, 0.2) is 29.5 Å². The SMILES string of the molecule is COC(=O)C1=C(Nc2ccc3c(c2)C(C)(C)C(=O)NC3)C(=O)N(CCO)C1. The first kappa shape index (κ1) is 18.9. The van der Waals surface area contributed by atoms with Crippen molar-refractivity contribution in [3.8, 4) is 0 Å². The summed E-state index contributed by atoms with van der Waals surface area (Å²) in [6, 6.07) is 5.52. The number of nitrogens with one attached hydrogen (secondary N) is 2. The Hall–Kier alpha value is -2.87. The highest BCUT2D eigenvalue weighted by Crippen LogP contribution is 2.33. The van der Waals surface area contributed by atoms with Crippen LogP contribution in [0, 0.1) is 0 Å². The van der Waals surface area contributed by atoms with Gasteiger partial charge in [0.15, 0.2) is 0 Å². The van der Waals surface area contributed by atoms with Gasteiger partial charge in [-0.2, -0.15) is 0 Å². The van der Waals surface area contributed by atoms with E-state index in [0.29, 0.717) is 12.2 Å². The molecule has 0 aliphatic carbocycles. The monoisotopic (exact) mass is 373 g/mol. The summed E-state index contributed by atoms with van der Waals surface area (Å²) < 4.78 is 4.78. The molecule has 2 aliphatic heterocycles. The van der Waals surface area contributed by atoms with Crippen molar-refractivity contribution in [3.63, 3.8) is 0 Å². The first-order chi connectivity index (χ1) is 12.8. The molecule has 8 heteroatoms. The van der Waals surface area contributed by atoms with E-state index in [0.717, 1.165) is 11.1 Å². The molecule has 0 saturated carbocycles. The number of β-amino-alcohol motifs (C(OH)–C–C–N with tert-alkyl or cyclic N) is 1. The number of benzene rings is 1. The van der Waals surface area contributed by atoms with E-state index in [9.17, 15) is 14.4 Å². The van der Waals surface area contributed by atoms with Gasteiger partial charge in [-0.25, -0.2) is 4.79 Å². The fourth-order valence-electron chi connectivity index (χ4n) is 3.40. The number of aliphatic hydroxyl groups is 1. The normalized spacial score (nSPS) is 18.3. The molecule has 2 aliphatic rings. The zero-order chi connectivity index (χ0) is 19.8. The molecule has 27 heavy (non-hydrogen) atoms. The number of hydrogen-bond donors (Lipinski definition) is 3. The van der Waals surface area contributed by atoms with Gasteiger partial charge in [-0.15, -0.1) is 0 Å². The average molecular weight is 373 g/mol. The zero-order valence-electron chi connectivity index (χ0n) is 15.6. The molecule has 0 saturated heterocycles. The number of fused-ring (bicyclic) bond motifs is 1. The van der Waals surface area contributed by atoms with Gasteiger partial charge in [0.05, 0.1) is 31.2 Å². The Balaban J connectivity index is 1.96. The third kappa shape index (κ3) is 3.28. The second-order valence-electron chi connectivity index (χ2n) is 7.10. The van der Waals surface area contributed by atoms with E-state index in [1.165, 1.54) is 12.0 Å². The Kier molecular flexibility index (Phi) is 4.93. The molecule has 0 fully saturated rings. The number of carbonyl (C=O) groups is 3.